The number of guanidine groups is 1. The lowest BCUT2D eigenvalue weighted by atomic mass is 10.1. The molecular formula is C17H30N4OS. The van der Waals surface area contributed by atoms with Crippen LogP contribution in [-0.4, -0.2) is 53.2 Å². The molecule has 1 aliphatic heterocycles. The minimum atomic E-state index is 0.690. The van der Waals surface area contributed by atoms with Crippen molar-refractivity contribution in [2.75, 3.05) is 31.9 Å². The fourth-order valence-corrected chi connectivity index (χ4v) is 4.13. The third kappa shape index (κ3) is 4.90. The van der Waals surface area contributed by atoms with Gasteiger partial charge in [0.1, 0.15) is 5.76 Å². The number of aromatic nitrogens is 1. The van der Waals surface area contributed by atoms with Crippen LogP contribution in [0.25, 0.3) is 0 Å². The summed E-state index contributed by atoms with van der Waals surface area (Å²) in [5.41, 5.74) is 2.18. The molecular weight excluding hydrogens is 308 g/mol. The number of rotatable bonds is 5. The van der Waals surface area contributed by atoms with Gasteiger partial charge in [0, 0.05) is 42.7 Å². The molecule has 0 spiro atoms. The maximum absolute atomic E-state index is 5.23. The second-order valence-electron chi connectivity index (χ2n) is 6.39. The molecule has 23 heavy (non-hydrogen) atoms. The van der Waals surface area contributed by atoms with Gasteiger partial charge in [-0.3, -0.25) is 4.99 Å². The van der Waals surface area contributed by atoms with Gasteiger partial charge in [-0.2, -0.15) is 11.8 Å². The lowest BCUT2D eigenvalue weighted by Gasteiger charge is -2.36. The highest BCUT2D eigenvalue weighted by molar-refractivity contribution is 8.00. The fourth-order valence-electron chi connectivity index (χ4n) is 2.83. The zero-order valence-corrected chi connectivity index (χ0v) is 15.9. The summed E-state index contributed by atoms with van der Waals surface area (Å²) in [5.74, 6) is 3.84. The van der Waals surface area contributed by atoms with E-state index >= 15 is 0 Å². The van der Waals surface area contributed by atoms with Gasteiger partial charge in [0.15, 0.2) is 5.96 Å². The van der Waals surface area contributed by atoms with Crippen molar-refractivity contribution < 1.29 is 4.52 Å². The predicted octanol–water partition coefficient (Wildman–Crippen LogP) is 2.87. The van der Waals surface area contributed by atoms with Gasteiger partial charge < -0.3 is 14.7 Å². The quantitative estimate of drug-likeness (QED) is 0.661. The van der Waals surface area contributed by atoms with Gasteiger partial charge >= 0.3 is 0 Å². The Morgan fingerprint density at radius 2 is 2.26 bits per heavy atom. The number of aryl methyl sites for hydroxylation is 2. The van der Waals surface area contributed by atoms with Crippen LogP contribution < -0.4 is 5.32 Å². The highest BCUT2D eigenvalue weighted by atomic mass is 32.2. The molecule has 1 fully saturated rings. The summed E-state index contributed by atoms with van der Waals surface area (Å²) in [7, 11) is 0. The second-order valence-corrected chi connectivity index (χ2v) is 7.73. The van der Waals surface area contributed by atoms with Crippen molar-refractivity contribution in [1.82, 2.24) is 15.4 Å². The van der Waals surface area contributed by atoms with Crippen LogP contribution >= 0.6 is 11.8 Å². The van der Waals surface area contributed by atoms with Gasteiger partial charge in [-0.15, -0.1) is 0 Å². The summed E-state index contributed by atoms with van der Waals surface area (Å²) in [4.78, 5) is 7.26. The number of aliphatic imine (C=N–C) groups is 1. The van der Waals surface area contributed by atoms with Gasteiger partial charge in [-0.1, -0.05) is 19.0 Å². The van der Waals surface area contributed by atoms with Crippen molar-refractivity contribution in [3.63, 3.8) is 0 Å². The maximum Gasteiger partial charge on any atom is 0.193 e. The minimum Gasteiger partial charge on any atom is -0.361 e. The molecule has 2 rings (SSSR count). The number of nitrogens with one attached hydrogen (secondary N) is 1. The molecule has 0 aromatic carbocycles. The average molecular weight is 339 g/mol. The lowest BCUT2D eigenvalue weighted by molar-refractivity contribution is 0.381. The van der Waals surface area contributed by atoms with E-state index in [4.69, 9.17) is 9.52 Å². The van der Waals surface area contributed by atoms with E-state index in [0.717, 1.165) is 50.0 Å². The molecule has 1 aromatic rings. The van der Waals surface area contributed by atoms with Crippen LogP contribution in [0, 0.1) is 19.8 Å². The Morgan fingerprint density at radius 3 is 2.87 bits per heavy atom. The average Bonchev–Trinajstić information content (AvgIpc) is 2.86. The first-order valence-corrected chi connectivity index (χ1v) is 9.64. The molecule has 5 nitrogen and oxygen atoms in total. The molecule has 0 saturated carbocycles. The largest absolute Gasteiger partial charge is 0.361 e. The molecule has 1 aromatic heterocycles. The van der Waals surface area contributed by atoms with Crippen molar-refractivity contribution in [2.45, 2.75) is 46.3 Å². The number of nitrogens with zero attached hydrogens (tertiary/aromatic N) is 3. The van der Waals surface area contributed by atoms with Gasteiger partial charge in [-0.05, 0) is 33.1 Å². The summed E-state index contributed by atoms with van der Waals surface area (Å²) in [6, 6.07) is 0. The van der Waals surface area contributed by atoms with E-state index in [1.807, 2.05) is 13.8 Å². The first kappa shape index (κ1) is 18.2. The Morgan fingerprint density at radius 1 is 1.48 bits per heavy atom. The first-order valence-electron chi connectivity index (χ1n) is 8.59. The Bertz CT molecular complexity index is 507. The molecule has 0 amide bonds. The molecule has 0 radical (unpaired) electrons. The molecule has 2 heterocycles. The Balaban J connectivity index is 1.99. The first-order chi connectivity index (χ1) is 11.0. The van der Waals surface area contributed by atoms with E-state index in [0.29, 0.717) is 11.2 Å². The Hall–Kier alpha value is -1.17. The predicted molar refractivity (Wildman–Crippen MR) is 98.3 cm³/mol. The zero-order valence-electron chi connectivity index (χ0n) is 15.1. The van der Waals surface area contributed by atoms with Crippen molar-refractivity contribution in [3.8, 4) is 0 Å². The second kappa shape index (κ2) is 8.62. The highest BCUT2D eigenvalue weighted by Gasteiger charge is 2.24. The maximum atomic E-state index is 5.23. The molecule has 1 aliphatic rings. The Kier molecular flexibility index (Phi) is 6.81. The fraction of sp³-hybridized carbons (Fsp3) is 0.765. The van der Waals surface area contributed by atoms with Crippen LogP contribution in [0.2, 0.25) is 0 Å². The molecule has 0 aliphatic carbocycles. The van der Waals surface area contributed by atoms with Crippen molar-refractivity contribution in [2.24, 2.45) is 10.9 Å². The molecule has 1 unspecified atom stereocenters. The molecule has 1 saturated heterocycles. The monoisotopic (exact) mass is 338 g/mol. The van der Waals surface area contributed by atoms with Crippen molar-refractivity contribution in [1.29, 1.82) is 0 Å². The van der Waals surface area contributed by atoms with Crippen molar-refractivity contribution in [3.05, 3.63) is 17.0 Å². The SMILES string of the molecule is CCNC(=NCCc1c(C)noc1C)N1CCSC(C(C)C)C1. The van der Waals surface area contributed by atoms with Crippen LogP contribution in [0.15, 0.2) is 9.52 Å². The highest BCUT2D eigenvalue weighted by Crippen LogP contribution is 2.24. The number of thioether (sulfide) groups is 1. The topological polar surface area (TPSA) is 53.7 Å². The number of hydrogen-bond donors (Lipinski definition) is 1. The Labute approximate surface area is 144 Å². The van der Waals surface area contributed by atoms with Crippen LogP contribution in [0.1, 0.15) is 37.8 Å². The van der Waals surface area contributed by atoms with Crippen LogP contribution in [0.4, 0.5) is 0 Å². The van der Waals surface area contributed by atoms with Crippen LogP contribution in [0.5, 0.6) is 0 Å². The van der Waals surface area contributed by atoms with Crippen LogP contribution in [0.3, 0.4) is 0 Å². The van der Waals surface area contributed by atoms with E-state index in [9.17, 15) is 0 Å². The van der Waals surface area contributed by atoms with Gasteiger partial charge in [0.2, 0.25) is 0 Å². The third-order valence-corrected chi connectivity index (χ3v) is 5.82. The van der Waals surface area contributed by atoms with Crippen molar-refractivity contribution >= 4 is 17.7 Å². The summed E-state index contributed by atoms with van der Waals surface area (Å²) < 4.78 is 5.23. The molecule has 0 bridgehead atoms. The summed E-state index contributed by atoms with van der Waals surface area (Å²) in [6.45, 7) is 14.5. The van der Waals surface area contributed by atoms with E-state index < -0.39 is 0 Å². The van der Waals surface area contributed by atoms with E-state index in [2.05, 4.69) is 47.9 Å². The third-order valence-electron chi connectivity index (χ3n) is 4.28. The normalized spacial score (nSPS) is 19.5. The molecule has 1 atom stereocenters. The standard InChI is InChI=1S/C17H30N4OS/c1-6-18-17(21-9-10-23-16(11-21)12(2)3)19-8-7-15-13(4)20-22-14(15)5/h12,16H,6-11H2,1-5H3,(H,18,19). The smallest absolute Gasteiger partial charge is 0.193 e. The van der Waals surface area contributed by atoms with Gasteiger partial charge in [0.05, 0.1) is 5.69 Å². The molecule has 6 heteroatoms. The molecule has 1 N–H and O–H groups in total. The number of hydrogen-bond acceptors (Lipinski definition) is 4. The zero-order chi connectivity index (χ0) is 16.8. The lowest BCUT2D eigenvalue weighted by Crippen LogP contribution is -2.49. The van der Waals surface area contributed by atoms with Gasteiger partial charge in [0.25, 0.3) is 0 Å². The van der Waals surface area contributed by atoms with Crippen LogP contribution in [-0.2, 0) is 6.42 Å². The van der Waals surface area contributed by atoms with E-state index in [-0.39, 0.29) is 0 Å². The molecule has 130 valence electrons. The summed E-state index contributed by atoms with van der Waals surface area (Å²) >= 11 is 2.09. The van der Waals surface area contributed by atoms with E-state index in [1.165, 1.54) is 11.3 Å². The van der Waals surface area contributed by atoms with E-state index in [1.54, 1.807) is 0 Å². The summed E-state index contributed by atoms with van der Waals surface area (Å²) in [5, 5.41) is 8.16. The minimum absolute atomic E-state index is 0.690. The summed E-state index contributed by atoms with van der Waals surface area (Å²) in [6.07, 6.45) is 0.881. The van der Waals surface area contributed by atoms with Gasteiger partial charge in [-0.25, -0.2) is 0 Å².